The molecule has 0 atom stereocenters. The standard InChI is InChI=1S/C22H21N3O3S/c26-22(18-9-13-20(14-10-18)29(27,28)24-19-11-12-19)23-21-8-4-5-15-25(21)16-17-6-2-1-3-7-17/h1-10,13-15,19,24H,11-12,16H2. The lowest BCUT2D eigenvalue weighted by Crippen LogP contribution is -2.25. The van der Waals surface area contributed by atoms with Gasteiger partial charge in [0.15, 0.2) is 0 Å². The van der Waals surface area contributed by atoms with E-state index in [1.807, 2.05) is 53.2 Å². The van der Waals surface area contributed by atoms with E-state index >= 15 is 0 Å². The molecular weight excluding hydrogens is 386 g/mol. The van der Waals surface area contributed by atoms with Crippen LogP contribution >= 0.6 is 0 Å². The second-order valence-corrected chi connectivity index (χ2v) is 8.72. The molecular formula is C22H21N3O3S. The van der Waals surface area contributed by atoms with E-state index in [0.717, 1.165) is 18.4 Å². The number of nitrogens with zero attached hydrogens (tertiary/aromatic N) is 2. The maximum atomic E-state index is 12.6. The third-order valence-corrected chi connectivity index (χ3v) is 6.18. The van der Waals surface area contributed by atoms with Gasteiger partial charge in [-0.25, -0.2) is 13.1 Å². The Morgan fingerprint density at radius 3 is 2.34 bits per heavy atom. The van der Waals surface area contributed by atoms with E-state index in [2.05, 4.69) is 9.71 Å². The summed E-state index contributed by atoms with van der Waals surface area (Å²) in [5.74, 6) is -0.419. The Morgan fingerprint density at radius 1 is 0.966 bits per heavy atom. The number of benzene rings is 2. The van der Waals surface area contributed by atoms with Gasteiger partial charge in [-0.2, -0.15) is 4.99 Å². The number of carbonyl (C=O) groups is 1. The average molecular weight is 407 g/mol. The number of nitrogens with one attached hydrogen (secondary N) is 1. The predicted molar refractivity (Wildman–Crippen MR) is 110 cm³/mol. The van der Waals surface area contributed by atoms with Gasteiger partial charge in [0.05, 0.1) is 4.90 Å². The molecule has 0 unspecified atom stereocenters. The summed E-state index contributed by atoms with van der Waals surface area (Å²) in [7, 11) is -3.54. The van der Waals surface area contributed by atoms with Gasteiger partial charge >= 0.3 is 0 Å². The highest BCUT2D eigenvalue weighted by molar-refractivity contribution is 7.89. The Bertz CT molecular complexity index is 1180. The zero-order chi connectivity index (χ0) is 20.3. The van der Waals surface area contributed by atoms with Crippen molar-refractivity contribution in [3.05, 3.63) is 95.6 Å². The number of aromatic nitrogens is 1. The zero-order valence-electron chi connectivity index (χ0n) is 15.7. The molecule has 1 amide bonds. The lowest BCUT2D eigenvalue weighted by Gasteiger charge is -2.08. The number of sulfonamides is 1. The van der Waals surface area contributed by atoms with E-state index < -0.39 is 15.9 Å². The minimum absolute atomic E-state index is 0.0365. The molecule has 0 radical (unpaired) electrons. The third kappa shape index (κ3) is 4.88. The molecule has 1 fully saturated rings. The quantitative estimate of drug-likeness (QED) is 0.682. The molecule has 1 aromatic heterocycles. The summed E-state index contributed by atoms with van der Waals surface area (Å²) in [6, 6.07) is 21.3. The highest BCUT2D eigenvalue weighted by Gasteiger charge is 2.27. The van der Waals surface area contributed by atoms with Crippen molar-refractivity contribution >= 4 is 15.9 Å². The van der Waals surface area contributed by atoms with Crippen LogP contribution in [0.15, 0.2) is 88.9 Å². The summed E-state index contributed by atoms with van der Waals surface area (Å²) in [6.07, 6.45) is 3.61. The molecule has 0 aliphatic heterocycles. The predicted octanol–water partition coefficient (Wildman–Crippen LogP) is 2.72. The minimum Gasteiger partial charge on any atom is -0.328 e. The van der Waals surface area contributed by atoms with Gasteiger partial charge in [0.2, 0.25) is 10.0 Å². The van der Waals surface area contributed by atoms with Crippen molar-refractivity contribution in [3.63, 3.8) is 0 Å². The summed E-state index contributed by atoms with van der Waals surface area (Å²) in [5, 5.41) is 0. The number of hydrogen-bond donors (Lipinski definition) is 1. The van der Waals surface area contributed by atoms with E-state index in [-0.39, 0.29) is 10.9 Å². The van der Waals surface area contributed by atoms with Crippen LogP contribution in [0.2, 0.25) is 0 Å². The van der Waals surface area contributed by atoms with Crippen LogP contribution in [0.4, 0.5) is 0 Å². The normalized spacial score (nSPS) is 14.7. The fourth-order valence-corrected chi connectivity index (χ4v) is 4.22. The van der Waals surface area contributed by atoms with Crippen molar-refractivity contribution in [1.82, 2.24) is 9.29 Å². The van der Waals surface area contributed by atoms with Crippen LogP contribution in [0, 0.1) is 0 Å². The van der Waals surface area contributed by atoms with Gasteiger partial charge in [-0.15, -0.1) is 0 Å². The SMILES string of the molecule is O=C(N=c1ccccn1Cc1ccccc1)c1ccc(S(=O)(=O)NC2CC2)cc1. The summed E-state index contributed by atoms with van der Waals surface area (Å²) in [6.45, 7) is 0.595. The van der Waals surface area contributed by atoms with Gasteiger partial charge in [-0.05, 0) is 54.8 Å². The van der Waals surface area contributed by atoms with Crippen molar-refractivity contribution < 1.29 is 13.2 Å². The molecule has 0 bridgehead atoms. The Balaban J connectivity index is 1.57. The molecule has 2 aromatic carbocycles. The third-order valence-electron chi connectivity index (χ3n) is 4.64. The summed E-state index contributed by atoms with van der Waals surface area (Å²) in [4.78, 5) is 17.0. The largest absolute Gasteiger partial charge is 0.328 e. The summed E-state index contributed by atoms with van der Waals surface area (Å²) < 4.78 is 29.0. The molecule has 1 N–H and O–H groups in total. The lowest BCUT2D eigenvalue weighted by atomic mass is 10.2. The highest BCUT2D eigenvalue weighted by Crippen LogP contribution is 2.22. The van der Waals surface area contributed by atoms with E-state index in [0.29, 0.717) is 17.6 Å². The van der Waals surface area contributed by atoms with Crippen LogP contribution in [0.5, 0.6) is 0 Å². The second-order valence-electron chi connectivity index (χ2n) is 7.01. The molecule has 4 rings (SSSR count). The molecule has 1 aliphatic carbocycles. The Kier molecular flexibility index (Phi) is 5.42. The fourth-order valence-electron chi connectivity index (χ4n) is 2.92. The van der Waals surface area contributed by atoms with Crippen LogP contribution in [-0.2, 0) is 16.6 Å². The first-order valence-electron chi connectivity index (χ1n) is 9.42. The minimum atomic E-state index is -3.54. The van der Waals surface area contributed by atoms with Gasteiger partial charge in [-0.3, -0.25) is 4.79 Å². The smallest absolute Gasteiger partial charge is 0.278 e. The van der Waals surface area contributed by atoms with Crippen LogP contribution in [0.3, 0.4) is 0 Å². The maximum Gasteiger partial charge on any atom is 0.278 e. The Morgan fingerprint density at radius 2 is 1.66 bits per heavy atom. The first-order chi connectivity index (χ1) is 14.0. The van der Waals surface area contributed by atoms with E-state index in [1.54, 1.807) is 6.07 Å². The maximum absolute atomic E-state index is 12.6. The van der Waals surface area contributed by atoms with Crippen LogP contribution < -0.4 is 10.2 Å². The number of hydrogen-bond acceptors (Lipinski definition) is 3. The average Bonchev–Trinajstić information content (AvgIpc) is 3.54. The van der Waals surface area contributed by atoms with Gasteiger partial charge in [0.25, 0.3) is 5.91 Å². The van der Waals surface area contributed by atoms with Crippen LogP contribution in [-0.4, -0.2) is 24.9 Å². The first-order valence-corrected chi connectivity index (χ1v) is 10.9. The topological polar surface area (TPSA) is 80.5 Å². The van der Waals surface area contributed by atoms with E-state index in [4.69, 9.17) is 0 Å². The molecule has 7 heteroatoms. The molecule has 0 spiro atoms. The fraction of sp³-hybridized carbons (Fsp3) is 0.182. The van der Waals surface area contributed by atoms with Gasteiger partial charge in [0, 0.05) is 24.3 Å². The van der Waals surface area contributed by atoms with Gasteiger partial charge in [-0.1, -0.05) is 36.4 Å². The monoisotopic (exact) mass is 407 g/mol. The Labute approximate surface area is 169 Å². The molecule has 0 saturated heterocycles. The van der Waals surface area contributed by atoms with Crippen LogP contribution in [0.1, 0.15) is 28.8 Å². The molecule has 29 heavy (non-hydrogen) atoms. The Hall–Kier alpha value is -3.03. The van der Waals surface area contributed by atoms with Crippen molar-refractivity contribution in [3.8, 4) is 0 Å². The van der Waals surface area contributed by atoms with Crippen molar-refractivity contribution in [2.24, 2.45) is 4.99 Å². The van der Waals surface area contributed by atoms with Crippen molar-refractivity contribution in [2.75, 3.05) is 0 Å². The molecule has 1 saturated carbocycles. The van der Waals surface area contributed by atoms with Crippen molar-refractivity contribution in [1.29, 1.82) is 0 Å². The zero-order valence-corrected chi connectivity index (χ0v) is 16.5. The van der Waals surface area contributed by atoms with Crippen molar-refractivity contribution in [2.45, 2.75) is 30.3 Å². The number of carbonyl (C=O) groups excluding carboxylic acids is 1. The van der Waals surface area contributed by atoms with Gasteiger partial charge in [0.1, 0.15) is 5.49 Å². The number of amides is 1. The summed E-state index contributed by atoms with van der Waals surface area (Å²) >= 11 is 0. The van der Waals surface area contributed by atoms with E-state index in [9.17, 15) is 13.2 Å². The molecule has 6 nitrogen and oxygen atoms in total. The molecule has 148 valence electrons. The van der Waals surface area contributed by atoms with Crippen LogP contribution in [0.25, 0.3) is 0 Å². The number of pyridine rings is 1. The highest BCUT2D eigenvalue weighted by atomic mass is 32.2. The molecule has 3 aromatic rings. The molecule has 1 aliphatic rings. The van der Waals surface area contributed by atoms with E-state index in [1.165, 1.54) is 24.3 Å². The molecule has 1 heterocycles. The lowest BCUT2D eigenvalue weighted by molar-refractivity contribution is 0.0997. The second kappa shape index (κ2) is 8.14. The first kappa shape index (κ1) is 19.3. The summed E-state index contributed by atoms with van der Waals surface area (Å²) in [5.41, 5.74) is 1.98. The van der Waals surface area contributed by atoms with Gasteiger partial charge < -0.3 is 4.57 Å². The number of rotatable bonds is 6.